The number of ether oxygens (including phenoxy) is 2. The van der Waals surface area contributed by atoms with Crippen molar-refractivity contribution in [1.29, 1.82) is 0 Å². The largest absolute Gasteiger partial charge is 0.478 e. The number of anilines is 1. The number of carboxylic acid groups (broad SMARTS) is 1. The van der Waals surface area contributed by atoms with Crippen molar-refractivity contribution >= 4 is 41.3 Å². The third-order valence-corrected chi connectivity index (χ3v) is 6.00. The molecule has 44 heavy (non-hydrogen) atoms. The molecule has 12 nitrogen and oxygen atoms in total. The molecule has 4 aromatic carbocycles. The third-order valence-electron chi connectivity index (χ3n) is 6.00. The predicted octanol–water partition coefficient (Wildman–Crippen LogP) is 3.24. The monoisotopic (exact) mass is 595 g/mol. The van der Waals surface area contributed by atoms with Gasteiger partial charge < -0.3 is 19.9 Å². The van der Waals surface area contributed by atoms with E-state index in [9.17, 15) is 33.9 Å². The molecule has 0 radical (unpaired) electrons. The van der Waals surface area contributed by atoms with Gasteiger partial charge in [0.2, 0.25) is 12.2 Å². The Hall–Kier alpha value is -6.30. The van der Waals surface area contributed by atoms with Gasteiger partial charge in [-0.3, -0.25) is 25.2 Å². The Balaban J connectivity index is 1.46. The molecule has 4 N–H and O–H groups in total. The highest BCUT2D eigenvalue weighted by molar-refractivity contribution is 6.04. The Labute approximate surface area is 250 Å². The van der Waals surface area contributed by atoms with Crippen LogP contribution in [0.15, 0.2) is 115 Å². The summed E-state index contributed by atoms with van der Waals surface area (Å²) in [6.07, 6.45) is -4.48. The zero-order valence-electron chi connectivity index (χ0n) is 22.8. The van der Waals surface area contributed by atoms with E-state index in [1.807, 2.05) is 5.43 Å². The molecule has 12 heteroatoms. The maximum atomic E-state index is 13.1. The van der Waals surface area contributed by atoms with Gasteiger partial charge in [0.25, 0.3) is 17.7 Å². The van der Waals surface area contributed by atoms with Crippen molar-refractivity contribution in [3.63, 3.8) is 0 Å². The fourth-order valence-electron chi connectivity index (χ4n) is 3.77. The maximum absolute atomic E-state index is 13.1. The number of benzene rings is 4. The normalized spacial score (nSPS) is 11.6. The van der Waals surface area contributed by atoms with E-state index in [0.29, 0.717) is 11.3 Å². The summed E-state index contributed by atoms with van der Waals surface area (Å²) in [5.74, 6) is -6.41. The van der Waals surface area contributed by atoms with Crippen LogP contribution in [0.4, 0.5) is 5.69 Å². The summed E-state index contributed by atoms with van der Waals surface area (Å²) in [5, 5.41) is 12.5. The van der Waals surface area contributed by atoms with Crippen LogP contribution in [-0.4, -0.2) is 52.9 Å². The van der Waals surface area contributed by atoms with Crippen molar-refractivity contribution < 1.29 is 43.3 Å². The molecule has 0 aliphatic carbocycles. The molecule has 0 aliphatic rings. The molecule has 0 spiro atoms. The van der Waals surface area contributed by atoms with Crippen LogP contribution in [0.2, 0.25) is 0 Å². The Morgan fingerprint density at radius 3 is 1.41 bits per heavy atom. The lowest BCUT2D eigenvalue weighted by Gasteiger charge is -2.23. The summed E-state index contributed by atoms with van der Waals surface area (Å²) in [5.41, 5.74) is 5.00. The van der Waals surface area contributed by atoms with E-state index in [0.717, 1.165) is 0 Å². The standard InChI is InChI=1S/C32H25N3O9/c36-27(20-10-4-1-5-11-20)33-24-18-16-21(17-19-24)28(37)34-35-29(38)25(43-31(41)22-12-6-2-7-13-22)26(30(39)40)44-32(42)23-14-8-3-9-15-23/h1-19,25-26H,(H,33,36)(H,34,37)(H,35,38)(H,39,40)/t25-,26-/m1/s1. The number of hydrogen-bond acceptors (Lipinski definition) is 8. The van der Waals surface area contributed by atoms with Crippen LogP contribution in [0.5, 0.6) is 0 Å². The predicted molar refractivity (Wildman–Crippen MR) is 155 cm³/mol. The second-order valence-electron chi connectivity index (χ2n) is 9.06. The summed E-state index contributed by atoms with van der Waals surface area (Å²) in [6, 6.07) is 29.0. The highest BCUT2D eigenvalue weighted by Crippen LogP contribution is 2.14. The summed E-state index contributed by atoms with van der Waals surface area (Å²) in [4.78, 5) is 75.7. The quantitative estimate of drug-likeness (QED) is 0.158. The SMILES string of the molecule is O=C(NNC(=O)[C@H](OC(=O)c1ccccc1)[C@@H](OC(=O)c1ccccc1)C(=O)O)c1ccc(NC(=O)c2ccccc2)cc1. The molecule has 0 saturated heterocycles. The average molecular weight is 596 g/mol. The van der Waals surface area contributed by atoms with Crippen molar-refractivity contribution in [2.45, 2.75) is 12.2 Å². The van der Waals surface area contributed by atoms with E-state index in [4.69, 9.17) is 9.47 Å². The molecule has 222 valence electrons. The van der Waals surface area contributed by atoms with Crippen molar-refractivity contribution in [3.8, 4) is 0 Å². The fraction of sp³-hybridized carbons (Fsp3) is 0.0625. The number of amides is 3. The van der Waals surface area contributed by atoms with Crippen LogP contribution in [0.1, 0.15) is 41.4 Å². The number of carboxylic acids is 1. The first-order valence-electron chi connectivity index (χ1n) is 13.0. The first-order chi connectivity index (χ1) is 21.2. The number of hydrazine groups is 1. The lowest BCUT2D eigenvalue weighted by Crippen LogP contribution is -2.54. The molecule has 0 heterocycles. The minimum Gasteiger partial charge on any atom is -0.478 e. The second-order valence-corrected chi connectivity index (χ2v) is 9.06. The summed E-state index contributed by atoms with van der Waals surface area (Å²) in [7, 11) is 0. The number of nitrogens with one attached hydrogen (secondary N) is 3. The second kappa shape index (κ2) is 14.5. The first-order valence-corrected chi connectivity index (χ1v) is 13.0. The number of aliphatic carboxylic acids is 1. The van der Waals surface area contributed by atoms with Gasteiger partial charge in [0, 0.05) is 16.8 Å². The highest BCUT2D eigenvalue weighted by atomic mass is 16.6. The van der Waals surface area contributed by atoms with Gasteiger partial charge in [-0.15, -0.1) is 0 Å². The summed E-state index contributed by atoms with van der Waals surface area (Å²) >= 11 is 0. The maximum Gasteiger partial charge on any atom is 0.349 e. The number of hydrogen-bond donors (Lipinski definition) is 4. The Morgan fingerprint density at radius 1 is 0.500 bits per heavy atom. The van der Waals surface area contributed by atoms with Gasteiger partial charge in [0.1, 0.15) is 0 Å². The van der Waals surface area contributed by atoms with Gasteiger partial charge >= 0.3 is 17.9 Å². The van der Waals surface area contributed by atoms with Crippen LogP contribution in [-0.2, 0) is 19.1 Å². The van der Waals surface area contributed by atoms with Gasteiger partial charge in [0.05, 0.1) is 11.1 Å². The summed E-state index contributed by atoms with van der Waals surface area (Å²) < 4.78 is 10.2. The van der Waals surface area contributed by atoms with E-state index in [1.54, 1.807) is 42.5 Å². The van der Waals surface area contributed by atoms with Crippen molar-refractivity contribution in [2.24, 2.45) is 0 Å². The average Bonchev–Trinajstić information content (AvgIpc) is 3.06. The highest BCUT2D eigenvalue weighted by Gasteiger charge is 2.41. The van der Waals surface area contributed by atoms with Gasteiger partial charge in [-0.25, -0.2) is 14.4 Å². The number of carbonyl (C=O) groups is 6. The molecule has 3 amide bonds. The van der Waals surface area contributed by atoms with Gasteiger partial charge in [-0.05, 0) is 60.7 Å². The van der Waals surface area contributed by atoms with Crippen molar-refractivity contribution in [2.75, 3.05) is 5.32 Å². The lowest BCUT2D eigenvalue weighted by atomic mass is 10.1. The summed E-state index contributed by atoms with van der Waals surface area (Å²) in [6.45, 7) is 0. The van der Waals surface area contributed by atoms with E-state index >= 15 is 0 Å². The number of esters is 2. The Bertz CT molecular complexity index is 1650. The molecule has 2 atom stereocenters. The molecule has 0 unspecified atom stereocenters. The third kappa shape index (κ3) is 8.13. The minimum atomic E-state index is -2.28. The van der Waals surface area contributed by atoms with E-state index in [1.165, 1.54) is 72.8 Å². The fourth-order valence-corrected chi connectivity index (χ4v) is 3.77. The van der Waals surface area contributed by atoms with E-state index in [2.05, 4.69) is 10.7 Å². The van der Waals surface area contributed by atoms with Gasteiger partial charge in [-0.2, -0.15) is 0 Å². The molecule has 0 saturated carbocycles. The molecule has 4 rings (SSSR count). The first kappa shape index (κ1) is 30.7. The zero-order chi connectivity index (χ0) is 31.5. The van der Waals surface area contributed by atoms with Gasteiger partial charge in [-0.1, -0.05) is 54.6 Å². The number of rotatable bonds is 10. The molecule has 4 aromatic rings. The van der Waals surface area contributed by atoms with Crippen LogP contribution in [0, 0.1) is 0 Å². The smallest absolute Gasteiger partial charge is 0.349 e. The van der Waals surface area contributed by atoms with Crippen LogP contribution < -0.4 is 16.2 Å². The molecule has 0 aromatic heterocycles. The molecular formula is C32H25N3O9. The molecule has 0 aliphatic heterocycles. The molecule has 0 bridgehead atoms. The van der Waals surface area contributed by atoms with E-state index in [-0.39, 0.29) is 22.6 Å². The zero-order valence-corrected chi connectivity index (χ0v) is 22.8. The molecule has 0 fully saturated rings. The van der Waals surface area contributed by atoms with E-state index < -0.39 is 41.9 Å². The topological polar surface area (TPSA) is 177 Å². The Morgan fingerprint density at radius 2 is 0.932 bits per heavy atom. The lowest BCUT2D eigenvalue weighted by molar-refractivity contribution is -0.159. The molecular weight excluding hydrogens is 570 g/mol. The van der Waals surface area contributed by atoms with Crippen molar-refractivity contribution in [3.05, 3.63) is 138 Å². The van der Waals surface area contributed by atoms with Crippen LogP contribution >= 0.6 is 0 Å². The van der Waals surface area contributed by atoms with Crippen LogP contribution in [0.3, 0.4) is 0 Å². The number of carbonyl (C=O) groups excluding carboxylic acids is 5. The van der Waals surface area contributed by atoms with Crippen molar-refractivity contribution in [1.82, 2.24) is 10.9 Å². The Kier molecular flexibility index (Phi) is 10.1. The van der Waals surface area contributed by atoms with Gasteiger partial charge in [0.15, 0.2) is 0 Å². The van der Waals surface area contributed by atoms with Crippen LogP contribution in [0.25, 0.3) is 0 Å². The minimum absolute atomic E-state index is 0.00712.